The number of hydrogen-bond donors (Lipinski definition) is 1. The third-order valence-corrected chi connectivity index (χ3v) is 6.98. The van der Waals surface area contributed by atoms with Crippen LogP contribution in [0.2, 0.25) is 0 Å². The smallest absolute Gasteiger partial charge is 0.416 e. The van der Waals surface area contributed by atoms with Crippen molar-refractivity contribution in [3.8, 4) is 0 Å². The van der Waals surface area contributed by atoms with E-state index in [1.165, 1.54) is 24.4 Å². The van der Waals surface area contributed by atoms with Crippen LogP contribution in [0.25, 0.3) is 28.1 Å². The number of nitrogens with zero attached hydrogens (tertiary/aromatic N) is 2. The summed E-state index contributed by atoms with van der Waals surface area (Å²) < 4.78 is 70.3. The Kier molecular flexibility index (Phi) is 7.92. The molecule has 2 aromatic heterocycles. The van der Waals surface area contributed by atoms with E-state index in [2.05, 4.69) is 4.98 Å². The number of aromatic nitrogens is 2. The maximum atomic E-state index is 12.8. The van der Waals surface area contributed by atoms with E-state index in [0.717, 1.165) is 28.1 Å². The molecule has 0 aliphatic rings. The summed E-state index contributed by atoms with van der Waals surface area (Å²) >= 11 is 0. The van der Waals surface area contributed by atoms with E-state index in [9.17, 15) is 26.4 Å². The monoisotopic (exact) mass is 522 g/mol. The molecular weight excluding hydrogens is 497 g/mol. The third-order valence-electron chi connectivity index (χ3n) is 5.45. The summed E-state index contributed by atoms with van der Waals surface area (Å²) in [6.07, 6.45) is 0.617. The number of halogens is 3. The van der Waals surface area contributed by atoms with Crippen LogP contribution in [0.5, 0.6) is 0 Å². The lowest BCUT2D eigenvalue weighted by Crippen LogP contribution is -2.14. The van der Waals surface area contributed by atoms with E-state index in [1.54, 1.807) is 38.1 Å². The quantitative estimate of drug-likeness (QED) is 0.327. The van der Waals surface area contributed by atoms with Gasteiger partial charge in [-0.15, -0.1) is 0 Å². The molecule has 0 radical (unpaired) electrons. The first-order valence-electron chi connectivity index (χ1n) is 11.0. The summed E-state index contributed by atoms with van der Waals surface area (Å²) in [5, 5.41) is 8.39. The molecule has 4 aromatic rings. The van der Waals surface area contributed by atoms with E-state index in [-0.39, 0.29) is 22.6 Å². The lowest BCUT2D eigenvalue weighted by atomic mass is 10.1. The largest absolute Gasteiger partial charge is 0.481 e. The van der Waals surface area contributed by atoms with Crippen molar-refractivity contribution >= 4 is 44.1 Å². The molecule has 0 saturated heterocycles. The number of aryl methyl sites for hydroxylation is 1. The summed E-state index contributed by atoms with van der Waals surface area (Å²) in [6.45, 7) is 5.29. The summed E-state index contributed by atoms with van der Waals surface area (Å²) in [5.41, 5.74) is 1.44. The Hall–Kier alpha value is -3.60. The summed E-state index contributed by atoms with van der Waals surface area (Å²) in [6, 6.07) is 9.65. The summed E-state index contributed by atoms with van der Waals surface area (Å²) in [5.74, 6) is -0.662. The molecule has 1 atom stereocenters. The first-order chi connectivity index (χ1) is 16.8. The number of carbonyl (C=O) groups is 1. The molecule has 0 amide bonds. The molecule has 1 N–H and O–H groups in total. The predicted molar refractivity (Wildman–Crippen MR) is 131 cm³/mol. The highest BCUT2D eigenvalue weighted by molar-refractivity contribution is 7.90. The number of fused-ring (bicyclic) bond motifs is 2. The maximum Gasteiger partial charge on any atom is 0.416 e. The number of rotatable bonds is 6. The van der Waals surface area contributed by atoms with E-state index < -0.39 is 27.7 Å². The molecule has 0 saturated carbocycles. The first kappa shape index (κ1) is 27.0. The molecule has 0 aliphatic carbocycles. The minimum absolute atomic E-state index is 0.181. The van der Waals surface area contributed by atoms with Gasteiger partial charge < -0.3 is 9.52 Å². The standard InChI is InChI=1S/C20H15F3N2O3S.C5H10O2/c1-13-24-17-6-4-14(11-19(17)28-13)3-2-10-29(26,27)25-9-8-15-12-16(20(21,22)23)5-7-18(15)25;1-3-4(2)5(6)7/h2-9,11-12H,10H2,1H3;4H,3H2,1-2H3,(H,6,7). The number of oxazole rings is 1. The van der Waals surface area contributed by atoms with Crippen molar-refractivity contribution in [1.29, 1.82) is 0 Å². The van der Waals surface area contributed by atoms with Crippen LogP contribution in [0.15, 0.2) is 59.2 Å². The maximum absolute atomic E-state index is 12.8. The highest BCUT2D eigenvalue weighted by atomic mass is 32.2. The van der Waals surface area contributed by atoms with Crippen LogP contribution in [0, 0.1) is 12.8 Å². The fraction of sp³-hybridized carbons (Fsp3) is 0.280. The van der Waals surface area contributed by atoms with Gasteiger partial charge >= 0.3 is 12.1 Å². The number of hydrogen-bond acceptors (Lipinski definition) is 5. The van der Waals surface area contributed by atoms with Crippen molar-refractivity contribution in [3.63, 3.8) is 0 Å². The van der Waals surface area contributed by atoms with Gasteiger partial charge in [-0.05, 0) is 48.4 Å². The van der Waals surface area contributed by atoms with Crippen LogP contribution >= 0.6 is 0 Å². The zero-order valence-electron chi connectivity index (χ0n) is 19.8. The van der Waals surface area contributed by atoms with Gasteiger partial charge in [0.1, 0.15) is 5.52 Å². The van der Waals surface area contributed by atoms with Gasteiger partial charge in [-0.2, -0.15) is 13.2 Å². The molecule has 192 valence electrons. The molecule has 0 aliphatic heterocycles. The van der Waals surface area contributed by atoms with E-state index >= 15 is 0 Å². The Morgan fingerprint density at radius 3 is 2.53 bits per heavy atom. The molecule has 11 heteroatoms. The van der Waals surface area contributed by atoms with Crippen LogP contribution in [0.1, 0.15) is 37.3 Å². The number of carboxylic acid groups (broad SMARTS) is 1. The molecule has 0 bridgehead atoms. The van der Waals surface area contributed by atoms with Crippen LogP contribution < -0.4 is 0 Å². The topological polar surface area (TPSA) is 102 Å². The molecular formula is C25H25F3N2O5S. The first-order valence-corrected chi connectivity index (χ1v) is 12.6. The van der Waals surface area contributed by atoms with Crippen molar-refractivity contribution in [1.82, 2.24) is 8.96 Å². The number of aliphatic carboxylic acids is 1. The number of alkyl halides is 3. The minimum Gasteiger partial charge on any atom is -0.481 e. The van der Waals surface area contributed by atoms with Gasteiger partial charge in [-0.1, -0.05) is 32.1 Å². The second-order valence-electron chi connectivity index (χ2n) is 8.17. The Morgan fingerprint density at radius 2 is 1.92 bits per heavy atom. The van der Waals surface area contributed by atoms with Gasteiger partial charge in [0.25, 0.3) is 0 Å². The molecule has 0 fully saturated rings. The van der Waals surface area contributed by atoms with Crippen LogP contribution in [-0.4, -0.2) is 34.2 Å². The van der Waals surface area contributed by atoms with Gasteiger partial charge in [0.2, 0.25) is 10.0 Å². The Bertz CT molecular complexity index is 1520. The minimum atomic E-state index is -4.49. The van der Waals surface area contributed by atoms with Gasteiger partial charge in [0.15, 0.2) is 11.5 Å². The Morgan fingerprint density at radius 1 is 1.19 bits per heavy atom. The van der Waals surface area contributed by atoms with Crippen molar-refractivity contribution < 1.29 is 35.9 Å². The fourth-order valence-corrected chi connectivity index (χ4v) is 4.47. The second kappa shape index (κ2) is 10.6. The Balaban J connectivity index is 0.000000454. The normalized spacial score (nSPS) is 13.2. The third kappa shape index (κ3) is 6.34. The van der Waals surface area contributed by atoms with Crippen LogP contribution in [-0.2, 0) is 21.0 Å². The van der Waals surface area contributed by atoms with E-state index in [0.29, 0.717) is 17.0 Å². The van der Waals surface area contributed by atoms with Crippen molar-refractivity contribution in [2.24, 2.45) is 5.92 Å². The van der Waals surface area contributed by atoms with Crippen molar-refractivity contribution in [2.75, 3.05) is 5.75 Å². The van der Waals surface area contributed by atoms with Gasteiger partial charge in [0.05, 0.1) is 22.8 Å². The average Bonchev–Trinajstić information content (AvgIpc) is 3.40. The second-order valence-corrected chi connectivity index (χ2v) is 10.1. The predicted octanol–water partition coefficient (Wildman–Crippen LogP) is 6.12. The molecule has 36 heavy (non-hydrogen) atoms. The molecule has 2 heterocycles. The van der Waals surface area contributed by atoms with Gasteiger partial charge in [-0.25, -0.2) is 17.4 Å². The highest BCUT2D eigenvalue weighted by Gasteiger charge is 2.30. The van der Waals surface area contributed by atoms with Crippen LogP contribution in [0.4, 0.5) is 13.2 Å². The van der Waals surface area contributed by atoms with Gasteiger partial charge in [-0.3, -0.25) is 4.79 Å². The van der Waals surface area contributed by atoms with Crippen molar-refractivity contribution in [2.45, 2.75) is 33.4 Å². The zero-order valence-corrected chi connectivity index (χ0v) is 20.6. The van der Waals surface area contributed by atoms with Gasteiger partial charge in [0, 0.05) is 18.5 Å². The molecule has 2 aromatic carbocycles. The lowest BCUT2D eigenvalue weighted by molar-refractivity contribution is -0.141. The molecule has 4 rings (SSSR count). The average molecular weight is 523 g/mol. The Labute approximate surface area is 205 Å². The zero-order chi connectivity index (χ0) is 26.7. The molecule has 1 unspecified atom stereocenters. The van der Waals surface area contributed by atoms with E-state index in [1.807, 2.05) is 6.92 Å². The summed E-state index contributed by atoms with van der Waals surface area (Å²) in [7, 11) is -3.79. The van der Waals surface area contributed by atoms with Crippen molar-refractivity contribution in [3.05, 3.63) is 71.8 Å². The number of benzene rings is 2. The SMILES string of the molecule is CCC(C)C(=O)O.Cc1nc2ccc(C=CCS(=O)(=O)n3ccc4cc(C(F)(F)F)ccc43)cc2o1. The number of carboxylic acids is 1. The van der Waals surface area contributed by atoms with E-state index in [4.69, 9.17) is 9.52 Å². The molecule has 7 nitrogen and oxygen atoms in total. The molecule has 0 spiro atoms. The highest BCUT2D eigenvalue weighted by Crippen LogP contribution is 2.32. The fourth-order valence-electron chi connectivity index (χ4n) is 3.26. The summed E-state index contributed by atoms with van der Waals surface area (Å²) in [4.78, 5) is 14.1. The van der Waals surface area contributed by atoms with Crippen LogP contribution in [0.3, 0.4) is 0 Å². The lowest BCUT2D eigenvalue weighted by Gasteiger charge is -2.08.